The molecule has 2 N–H and O–H groups in total. The standard InChI is InChI=1S/C15H15N3/c16-9-14-5-3-7-18(14)11-12-8-13-4-1-2-6-15(13)17-10-12/h1-8,10H,9,11,16H2. The van der Waals surface area contributed by atoms with E-state index in [2.05, 4.69) is 33.9 Å². The molecule has 0 radical (unpaired) electrons. The fraction of sp³-hybridized carbons (Fsp3) is 0.133. The number of nitrogens with two attached hydrogens (primary N) is 1. The first kappa shape index (κ1) is 11.0. The zero-order valence-electron chi connectivity index (χ0n) is 10.1. The summed E-state index contributed by atoms with van der Waals surface area (Å²) in [6, 6.07) is 14.4. The molecule has 0 fully saturated rings. The highest BCUT2D eigenvalue weighted by molar-refractivity contribution is 5.78. The number of benzene rings is 1. The van der Waals surface area contributed by atoms with Crippen molar-refractivity contribution in [2.45, 2.75) is 13.1 Å². The summed E-state index contributed by atoms with van der Waals surface area (Å²) in [4.78, 5) is 4.47. The van der Waals surface area contributed by atoms with Crippen LogP contribution >= 0.6 is 0 Å². The summed E-state index contributed by atoms with van der Waals surface area (Å²) in [5.41, 5.74) is 9.07. The summed E-state index contributed by atoms with van der Waals surface area (Å²) < 4.78 is 2.16. The smallest absolute Gasteiger partial charge is 0.0702 e. The molecular weight excluding hydrogens is 222 g/mol. The lowest BCUT2D eigenvalue weighted by Gasteiger charge is -2.08. The first-order chi connectivity index (χ1) is 8.86. The number of aromatic nitrogens is 2. The average Bonchev–Trinajstić information content (AvgIpc) is 2.86. The van der Waals surface area contributed by atoms with Gasteiger partial charge in [0.05, 0.1) is 5.52 Å². The van der Waals surface area contributed by atoms with Gasteiger partial charge in [0.1, 0.15) is 0 Å². The maximum absolute atomic E-state index is 5.70. The zero-order valence-corrected chi connectivity index (χ0v) is 10.1. The Morgan fingerprint density at radius 1 is 1.11 bits per heavy atom. The van der Waals surface area contributed by atoms with Gasteiger partial charge in [-0.25, -0.2) is 0 Å². The number of rotatable bonds is 3. The van der Waals surface area contributed by atoms with E-state index in [-0.39, 0.29) is 0 Å². The van der Waals surface area contributed by atoms with Crippen LogP contribution in [0.3, 0.4) is 0 Å². The summed E-state index contributed by atoms with van der Waals surface area (Å²) in [7, 11) is 0. The molecule has 2 heterocycles. The molecule has 0 atom stereocenters. The van der Waals surface area contributed by atoms with E-state index in [0.717, 1.165) is 17.8 Å². The SMILES string of the molecule is NCc1cccn1Cc1cnc2ccccc2c1. The lowest BCUT2D eigenvalue weighted by atomic mass is 10.1. The molecule has 0 bridgehead atoms. The van der Waals surface area contributed by atoms with Gasteiger partial charge in [-0.15, -0.1) is 0 Å². The molecule has 0 saturated carbocycles. The number of pyridine rings is 1. The van der Waals surface area contributed by atoms with Crippen LogP contribution in [0.4, 0.5) is 0 Å². The second-order valence-corrected chi connectivity index (χ2v) is 4.37. The van der Waals surface area contributed by atoms with Crippen molar-refractivity contribution < 1.29 is 0 Å². The molecule has 0 saturated heterocycles. The number of fused-ring (bicyclic) bond motifs is 1. The third-order valence-corrected chi connectivity index (χ3v) is 3.13. The first-order valence-corrected chi connectivity index (χ1v) is 6.04. The summed E-state index contributed by atoms with van der Waals surface area (Å²) in [5.74, 6) is 0. The van der Waals surface area contributed by atoms with Gasteiger partial charge in [0.15, 0.2) is 0 Å². The Kier molecular flexibility index (Phi) is 2.82. The summed E-state index contributed by atoms with van der Waals surface area (Å²) in [6.07, 6.45) is 3.99. The van der Waals surface area contributed by atoms with Crippen molar-refractivity contribution in [3.05, 3.63) is 66.1 Å². The van der Waals surface area contributed by atoms with Gasteiger partial charge in [-0.1, -0.05) is 18.2 Å². The third-order valence-electron chi connectivity index (χ3n) is 3.13. The van der Waals surface area contributed by atoms with E-state index in [0.29, 0.717) is 6.54 Å². The van der Waals surface area contributed by atoms with Crippen LogP contribution in [0.5, 0.6) is 0 Å². The van der Waals surface area contributed by atoms with Gasteiger partial charge in [-0.05, 0) is 29.8 Å². The summed E-state index contributed by atoms with van der Waals surface area (Å²) in [6.45, 7) is 1.38. The highest BCUT2D eigenvalue weighted by atomic mass is 15.0. The minimum Gasteiger partial charge on any atom is -0.346 e. The van der Waals surface area contributed by atoms with Crippen molar-refractivity contribution >= 4 is 10.9 Å². The molecule has 18 heavy (non-hydrogen) atoms. The fourth-order valence-electron chi connectivity index (χ4n) is 2.19. The number of para-hydroxylation sites is 1. The summed E-state index contributed by atoms with van der Waals surface area (Å²) in [5, 5.41) is 1.18. The monoisotopic (exact) mass is 237 g/mol. The molecule has 0 aliphatic rings. The van der Waals surface area contributed by atoms with Gasteiger partial charge in [0.25, 0.3) is 0 Å². The van der Waals surface area contributed by atoms with Crippen LogP contribution in [-0.4, -0.2) is 9.55 Å². The Hall–Kier alpha value is -2.13. The fourth-order valence-corrected chi connectivity index (χ4v) is 2.19. The molecule has 2 aromatic heterocycles. The van der Waals surface area contributed by atoms with Crippen LogP contribution < -0.4 is 5.73 Å². The molecule has 0 aliphatic heterocycles. The lowest BCUT2D eigenvalue weighted by Crippen LogP contribution is -2.07. The molecule has 3 heteroatoms. The van der Waals surface area contributed by atoms with Crippen LogP contribution in [0.15, 0.2) is 54.9 Å². The molecule has 3 nitrogen and oxygen atoms in total. The summed E-state index contributed by atoms with van der Waals surface area (Å²) >= 11 is 0. The van der Waals surface area contributed by atoms with Gasteiger partial charge in [-0.2, -0.15) is 0 Å². The Morgan fingerprint density at radius 2 is 2.00 bits per heavy atom. The number of hydrogen-bond acceptors (Lipinski definition) is 2. The van der Waals surface area contributed by atoms with Gasteiger partial charge in [-0.3, -0.25) is 4.98 Å². The minimum atomic E-state index is 0.564. The molecule has 1 aromatic carbocycles. The van der Waals surface area contributed by atoms with E-state index in [1.807, 2.05) is 30.5 Å². The Labute approximate surface area is 106 Å². The van der Waals surface area contributed by atoms with Crippen LogP contribution in [0.2, 0.25) is 0 Å². The van der Waals surface area contributed by atoms with E-state index < -0.39 is 0 Å². The van der Waals surface area contributed by atoms with E-state index in [1.54, 1.807) is 0 Å². The average molecular weight is 237 g/mol. The number of hydrogen-bond donors (Lipinski definition) is 1. The maximum Gasteiger partial charge on any atom is 0.0702 e. The van der Waals surface area contributed by atoms with E-state index in [1.165, 1.54) is 10.9 Å². The van der Waals surface area contributed by atoms with Crippen LogP contribution in [0.25, 0.3) is 10.9 Å². The molecule has 0 unspecified atom stereocenters. The first-order valence-electron chi connectivity index (χ1n) is 6.04. The molecule has 0 amide bonds. The van der Waals surface area contributed by atoms with Gasteiger partial charge in [0, 0.05) is 36.6 Å². The number of nitrogens with zero attached hydrogens (tertiary/aromatic N) is 2. The normalized spacial score (nSPS) is 10.9. The molecule has 3 rings (SSSR count). The molecular formula is C15H15N3. The van der Waals surface area contributed by atoms with Gasteiger partial charge >= 0.3 is 0 Å². The molecule has 90 valence electrons. The van der Waals surface area contributed by atoms with Crippen molar-refractivity contribution in [3.63, 3.8) is 0 Å². The van der Waals surface area contributed by atoms with Crippen molar-refractivity contribution in [2.24, 2.45) is 5.73 Å². The van der Waals surface area contributed by atoms with E-state index >= 15 is 0 Å². The van der Waals surface area contributed by atoms with Crippen LogP contribution in [0.1, 0.15) is 11.3 Å². The Bertz CT molecular complexity index is 670. The van der Waals surface area contributed by atoms with E-state index in [9.17, 15) is 0 Å². The minimum absolute atomic E-state index is 0.564. The van der Waals surface area contributed by atoms with Crippen molar-refractivity contribution in [2.75, 3.05) is 0 Å². The Morgan fingerprint density at radius 3 is 2.89 bits per heavy atom. The van der Waals surface area contributed by atoms with Crippen LogP contribution in [0, 0.1) is 0 Å². The second kappa shape index (κ2) is 4.63. The van der Waals surface area contributed by atoms with Crippen molar-refractivity contribution in [1.29, 1.82) is 0 Å². The molecule has 3 aromatic rings. The zero-order chi connectivity index (χ0) is 12.4. The largest absolute Gasteiger partial charge is 0.346 e. The molecule has 0 spiro atoms. The van der Waals surface area contributed by atoms with Gasteiger partial charge in [0.2, 0.25) is 0 Å². The highest BCUT2D eigenvalue weighted by Crippen LogP contribution is 2.14. The van der Waals surface area contributed by atoms with Gasteiger partial charge < -0.3 is 10.3 Å². The van der Waals surface area contributed by atoms with Crippen molar-refractivity contribution in [3.8, 4) is 0 Å². The second-order valence-electron chi connectivity index (χ2n) is 4.37. The van der Waals surface area contributed by atoms with Crippen molar-refractivity contribution in [1.82, 2.24) is 9.55 Å². The quantitative estimate of drug-likeness (QED) is 0.760. The van der Waals surface area contributed by atoms with Crippen LogP contribution in [-0.2, 0) is 13.1 Å². The molecule has 0 aliphatic carbocycles. The third kappa shape index (κ3) is 2.00. The lowest BCUT2D eigenvalue weighted by molar-refractivity contribution is 0.742. The maximum atomic E-state index is 5.70. The predicted molar refractivity (Wildman–Crippen MR) is 73.2 cm³/mol. The topological polar surface area (TPSA) is 43.8 Å². The van der Waals surface area contributed by atoms with E-state index in [4.69, 9.17) is 5.73 Å². The Balaban J connectivity index is 1.95. The highest BCUT2D eigenvalue weighted by Gasteiger charge is 2.01. The predicted octanol–water partition coefficient (Wildman–Crippen LogP) is 2.54.